The van der Waals surface area contributed by atoms with E-state index in [1.165, 1.54) is 94.0 Å². The molecule has 0 aliphatic carbocycles. The van der Waals surface area contributed by atoms with Gasteiger partial charge in [0.25, 0.3) is 0 Å². The molecule has 0 unspecified atom stereocenters. The summed E-state index contributed by atoms with van der Waals surface area (Å²) in [7, 11) is 0. The van der Waals surface area contributed by atoms with E-state index >= 15 is 0 Å². The van der Waals surface area contributed by atoms with Gasteiger partial charge in [-0.25, -0.2) is 9.50 Å². The number of unbranched alkanes of at least 4 members (excludes halogenated alkanes) is 12. The fourth-order valence-corrected chi connectivity index (χ4v) is 4.92. The SMILES string of the molecule is CCCCCCCCCCCCCCCc1nn2cc(-c3ccc(C)cc3)nc2s1. The first-order valence-corrected chi connectivity index (χ1v) is 13.0. The lowest BCUT2D eigenvalue weighted by molar-refractivity contribution is 0.539. The fourth-order valence-electron chi connectivity index (χ4n) is 4.00. The second kappa shape index (κ2) is 12.9. The average molecular weight is 426 g/mol. The van der Waals surface area contributed by atoms with Crippen molar-refractivity contribution in [2.24, 2.45) is 0 Å². The molecule has 0 saturated heterocycles. The second-order valence-electron chi connectivity index (χ2n) is 8.71. The molecular weight excluding hydrogens is 386 g/mol. The van der Waals surface area contributed by atoms with E-state index in [0.717, 1.165) is 22.6 Å². The molecule has 0 spiro atoms. The zero-order valence-corrected chi connectivity index (χ0v) is 19.9. The Bertz CT molecular complexity index is 815. The summed E-state index contributed by atoms with van der Waals surface area (Å²) in [6, 6.07) is 8.54. The van der Waals surface area contributed by atoms with Gasteiger partial charge in [0.15, 0.2) is 0 Å². The van der Waals surface area contributed by atoms with E-state index in [2.05, 4.69) is 44.3 Å². The predicted molar refractivity (Wildman–Crippen MR) is 130 cm³/mol. The molecule has 0 atom stereocenters. The molecule has 3 aromatic rings. The van der Waals surface area contributed by atoms with Crippen molar-refractivity contribution in [2.45, 2.75) is 104 Å². The Labute approximate surface area is 186 Å². The third-order valence-corrected chi connectivity index (χ3v) is 6.91. The van der Waals surface area contributed by atoms with Crippen LogP contribution in [0.2, 0.25) is 0 Å². The predicted octanol–water partition coefficient (Wildman–Crippen LogP) is 8.40. The average Bonchev–Trinajstić information content (AvgIpc) is 3.31. The standard InChI is InChI=1S/C26H39N3S/c1-3-4-5-6-7-8-9-10-11-12-13-14-15-16-25-28-29-21-24(27-26(29)30-25)23-19-17-22(2)18-20-23/h17-21H,3-16H2,1-2H3. The van der Waals surface area contributed by atoms with Gasteiger partial charge in [0.05, 0.1) is 11.9 Å². The van der Waals surface area contributed by atoms with Gasteiger partial charge >= 0.3 is 0 Å². The second-order valence-corrected chi connectivity index (χ2v) is 9.75. The van der Waals surface area contributed by atoms with E-state index in [9.17, 15) is 0 Å². The summed E-state index contributed by atoms with van der Waals surface area (Å²) in [6.45, 7) is 4.40. The van der Waals surface area contributed by atoms with Crippen LogP contribution in [0.1, 0.15) is 101 Å². The zero-order chi connectivity index (χ0) is 21.0. The van der Waals surface area contributed by atoms with E-state index in [4.69, 9.17) is 10.1 Å². The molecule has 0 radical (unpaired) electrons. The van der Waals surface area contributed by atoms with Gasteiger partial charge in [-0.15, -0.1) is 0 Å². The lowest BCUT2D eigenvalue weighted by Crippen LogP contribution is -1.88. The summed E-state index contributed by atoms with van der Waals surface area (Å²) in [4.78, 5) is 5.78. The molecule has 2 aromatic heterocycles. The summed E-state index contributed by atoms with van der Waals surface area (Å²) in [5.41, 5.74) is 3.45. The van der Waals surface area contributed by atoms with Crippen molar-refractivity contribution >= 4 is 16.3 Å². The largest absolute Gasteiger partial charge is 0.217 e. The van der Waals surface area contributed by atoms with Gasteiger partial charge in [0.1, 0.15) is 5.01 Å². The first-order valence-electron chi connectivity index (χ1n) is 12.2. The van der Waals surface area contributed by atoms with Gasteiger partial charge in [-0.3, -0.25) is 0 Å². The molecule has 0 aliphatic rings. The minimum absolute atomic E-state index is 1.01. The Morgan fingerprint density at radius 1 is 0.767 bits per heavy atom. The van der Waals surface area contributed by atoms with Crippen molar-refractivity contribution < 1.29 is 0 Å². The number of benzene rings is 1. The molecule has 3 rings (SSSR count). The molecule has 30 heavy (non-hydrogen) atoms. The first kappa shape index (κ1) is 23.0. The van der Waals surface area contributed by atoms with Crippen LogP contribution in [0.15, 0.2) is 30.5 Å². The molecule has 3 nitrogen and oxygen atoms in total. The number of rotatable bonds is 15. The van der Waals surface area contributed by atoms with Crippen LogP contribution >= 0.6 is 11.3 Å². The van der Waals surface area contributed by atoms with Crippen molar-refractivity contribution in [1.29, 1.82) is 0 Å². The topological polar surface area (TPSA) is 30.2 Å². The van der Waals surface area contributed by atoms with Crippen molar-refractivity contribution in [3.05, 3.63) is 41.0 Å². The van der Waals surface area contributed by atoms with Crippen molar-refractivity contribution in [1.82, 2.24) is 14.6 Å². The molecule has 1 aromatic carbocycles. The number of imidazole rings is 1. The van der Waals surface area contributed by atoms with Gasteiger partial charge in [0.2, 0.25) is 4.96 Å². The Hall–Kier alpha value is -1.68. The quantitative estimate of drug-likeness (QED) is 0.229. The van der Waals surface area contributed by atoms with Crippen LogP contribution in [0, 0.1) is 6.92 Å². The Morgan fingerprint density at radius 2 is 1.33 bits per heavy atom. The van der Waals surface area contributed by atoms with Crippen LogP contribution in [0.4, 0.5) is 0 Å². The van der Waals surface area contributed by atoms with E-state index in [0.29, 0.717) is 0 Å². The number of nitrogens with zero attached hydrogens (tertiary/aromatic N) is 3. The van der Waals surface area contributed by atoms with Crippen LogP contribution in [-0.4, -0.2) is 14.6 Å². The van der Waals surface area contributed by atoms with Gasteiger partial charge in [-0.05, 0) is 13.3 Å². The normalized spacial score (nSPS) is 11.5. The first-order chi connectivity index (χ1) is 14.8. The molecule has 0 bridgehead atoms. The summed E-state index contributed by atoms with van der Waals surface area (Å²) in [5.74, 6) is 0. The molecule has 4 heteroatoms. The highest BCUT2D eigenvalue weighted by atomic mass is 32.1. The van der Waals surface area contributed by atoms with E-state index in [-0.39, 0.29) is 0 Å². The Balaban J connectivity index is 1.25. The minimum Gasteiger partial charge on any atom is -0.217 e. The molecule has 0 fully saturated rings. The summed E-state index contributed by atoms with van der Waals surface area (Å²) >= 11 is 1.74. The van der Waals surface area contributed by atoms with Crippen LogP contribution in [0.25, 0.3) is 16.2 Å². The lowest BCUT2D eigenvalue weighted by atomic mass is 10.0. The third-order valence-electron chi connectivity index (χ3n) is 5.93. The molecule has 0 aliphatic heterocycles. The molecular formula is C26H39N3S. The maximum absolute atomic E-state index is 4.77. The van der Waals surface area contributed by atoms with E-state index in [1.807, 2.05) is 4.52 Å². The van der Waals surface area contributed by atoms with Crippen LogP contribution in [0.5, 0.6) is 0 Å². The van der Waals surface area contributed by atoms with Crippen LogP contribution < -0.4 is 0 Å². The highest BCUT2D eigenvalue weighted by Gasteiger charge is 2.09. The fraction of sp³-hybridized carbons (Fsp3) is 0.615. The Kier molecular flexibility index (Phi) is 9.88. The molecule has 0 N–H and O–H groups in total. The minimum atomic E-state index is 1.01. The summed E-state index contributed by atoms with van der Waals surface area (Å²) < 4.78 is 1.96. The Morgan fingerprint density at radius 3 is 1.90 bits per heavy atom. The van der Waals surface area contributed by atoms with E-state index in [1.54, 1.807) is 11.3 Å². The maximum atomic E-state index is 4.77. The van der Waals surface area contributed by atoms with Gasteiger partial charge in [-0.1, -0.05) is 125 Å². The zero-order valence-electron chi connectivity index (χ0n) is 19.0. The van der Waals surface area contributed by atoms with E-state index < -0.39 is 0 Å². The monoisotopic (exact) mass is 425 g/mol. The maximum Gasteiger partial charge on any atom is 0.212 e. The van der Waals surface area contributed by atoms with Crippen molar-refractivity contribution in [3.8, 4) is 11.3 Å². The van der Waals surface area contributed by atoms with Gasteiger partial charge in [-0.2, -0.15) is 5.10 Å². The third kappa shape index (κ3) is 7.54. The van der Waals surface area contributed by atoms with Crippen molar-refractivity contribution in [2.75, 3.05) is 0 Å². The number of hydrogen-bond donors (Lipinski definition) is 0. The smallest absolute Gasteiger partial charge is 0.212 e. The number of aryl methyl sites for hydroxylation is 2. The molecule has 0 saturated carbocycles. The molecule has 0 amide bonds. The lowest BCUT2D eigenvalue weighted by Gasteiger charge is -2.02. The summed E-state index contributed by atoms with van der Waals surface area (Å²) in [6.07, 6.45) is 21.3. The summed E-state index contributed by atoms with van der Waals surface area (Å²) in [5, 5.41) is 5.96. The van der Waals surface area contributed by atoms with Crippen LogP contribution in [0.3, 0.4) is 0 Å². The molecule has 2 heterocycles. The number of aromatic nitrogens is 3. The van der Waals surface area contributed by atoms with Gasteiger partial charge < -0.3 is 0 Å². The van der Waals surface area contributed by atoms with Crippen molar-refractivity contribution in [3.63, 3.8) is 0 Å². The van der Waals surface area contributed by atoms with Crippen LogP contribution in [-0.2, 0) is 6.42 Å². The number of hydrogen-bond acceptors (Lipinski definition) is 3. The highest BCUT2D eigenvalue weighted by Crippen LogP contribution is 2.23. The molecule has 164 valence electrons. The highest BCUT2D eigenvalue weighted by molar-refractivity contribution is 7.16. The number of fused-ring (bicyclic) bond motifs is 1. The van der Waals surface area contributed by atoms with Gasteiger partial charge in [0, 0.05) is 12.0 Å².